The van der Waals surface area contributed by atoms with Gasteiger partial charge in [0, 0.05) is 12.1 Å². The Hall–Kier alpha value is -2.64. The van der Waals surface area contributed by atoms with E-state index in [0.717, 1.165) is 28.2 Å². The van der Waals surface area contributed by atoms with Crippen LogP contribution in [0.15, 0.2) is 41.2 Å². The number of thiazole rings is 1. The lowest BCUT2D eigenvalue weighted by atomic mass is 10.1. The molecule has 0 saturated heterocycles. The number of hydrogen-bond acceptors (Lipinski definition) is 6. The minimum atomic E-state index is -0.803. The topological polar surface area (TPSA) is 95.4 Å². The predicted molar refractivity (Wildman–Crippen MR) is 100 cm³/mol. The molecule has 0 bridgehead atoms. The third-order valence-corrected chi connectivity index (χ3v) is 4.73. The Bertz CT molecular complexity index is 927. The van der Waals surface area contributed by atoms with Gasteiger partial charge in [0.15, 0.2) is 0 Å². The van der Waals surface area contributed by atoms with Crippen molar-refractivity contribution in [2.45, 2.75) is 26.4 Å². The number of pyridine rings is 1. The van der Waals surface area contributed by atoms with Gasteiger partial charge >= 0.3 is 4.87 Å². The molecule has 1 aromatic carbocycles. The molecule has 2 heterocycles. The Morgan fingerprint density at radius 3 is 2.58 bits per heavy atom. The van der Waals surface area contributed by atoms with Crippen molar-refractivity contribution < 1.29 is 14.9 Å². The molecular weight excluding hydrogens is 352 g/mol. The number of aliphatic hydroxyl groups is 1. The van der Waals surface area contributed by atoms with Crippen molar-refractivity contribution >= 4 is 11.3 Å². The number of aryl methyl sites for hydroxylation is 2. The Kier molecular flexibility index (Phi) is 5.39. The van der Waals surface area contributed by atoms with Crippen molar-refractivity contribution in [1.29, 1.82) is 0 Å². The van der Waals surface area contributed by atoms with E-state index in [1.54, 1.807) is 12.1 Å². The maximum absolute atomic E-state index is 11.2. The van der Waals surface area contributed by atoms with Crippen LogP contribution in [0.5, 0.6) is 11.6 Å². The molecule has 0 amide bonds. The van der Waals surface area contributed by atoms with Crippen LogP contribution in [0, 0.1) is 13.8 Å². The maximum atomic E-state index is 11.2. The van der Waals surface area contributed by atoms with Crippen molar-refractivity contribution in [2.24, 2.45) is 0 Å². The van der Waals surface area contributed by atoms with E-state index in [9.17, 15) is 15.0 Å². The van der Waals surface area contributed by atoms with E-state index in [-0.39, 0.29) is 17.4 Å². The molecule has 0 aliphatic rings. The molecule has 136 valence electrons. The summed E-state index contributed by atoms with van der Waals surface area (Å²) in [5, 5.41) is 19.9. The Morgan fingerprint density at radius 2 is 1.96 bits per heavy atom. The first-order valence-corrected chi connectivity index (χ1v) is 8.98. The highest BCUT2D eigenvalue weighted by Gasteiger charge is 2.12. The molecule has 0 saturated carbocycles. The molecule has 2 aromatic heterocycles. The molecule has 3 N–H and O–H groups in total. The molecule has 0 aliphatic heterocycles. The number of aromatic nitrogens is 2. The van der Waals surface area contributed by atoms with Gasteiger partial charge in [-0.25, -0.2) is 0 Å². The van der Waals surface area contributed by atoms with Crippen LogP contribution in [-0.2, 0) is 6.42 Å². The van der Waals surface area contributed by atoms with Crippen molar-refractivity contribution in [3.63, 3.8) is 0 Å². The van der Waals surface area contributed by atoms with Crippen LogP contribution in [0.3, 0.4) is 0 Å². The van der Waals surface area contributed by atoms with E-state index in [2.05, 4.69) is 9.97 Å². The first-order chi connectivity index (χ1) is 12.4. The summed E-state index contributed by atoms with van der Waals surface area (Å²) in [5.74, 6) is 0.549. The Labute approximate surface area is 154 Å². The number of nitrogens with zero attached hydrogens (tertiary/aromatic N) is 1. The summed E-state index contributed by atoms with van der Waals surface area (Å²) in [7, 11) is 0. The predicted octanol–water partition coefficient (Wildman–Crippen LogP) is 2.86. The molecule has 26 heavy (non-hydrogen) atoms. The smallest absolute Gasteiger partial charge is 0.307 e. The lowest BCUT2D eigenvalue weighted by Gasteiger charge is -2.13. The molecule has 0 fully saturated rings. The number of aromatic amines is 1. The molecule has 6 nitrogen and oxygen atoms in total. The summed E-state index contributed by atoms with van der Waals surface area (Å²) in [6.45, 7) is 3.96. The number of aromatic hydroxyl groups is 1. The third kappa shape index (κ3) is 4.50. The molecule has 0 radical (unpaired) electrons. The lowest BCUT2D eigenvalue weighted by Crippen LogP contribution is -2.12. The van der Waals surface area contributed by atoms with Gasteiger partial charge in [0.25, 0.3) is 0 Å². The second-order valence-electron chi connectivity index (χ2n) is 6.14. The summed E-state index contributed by atoms with van der Waals surface area (Å²) in [6.07, 6.45) is -0.340. The lowest BCUT2D eigenvalue weighted by molar-refractivity contribution is 0.104. The molecule has 3 aromatic rings. The Morgan fingerprint density at radius 1 is 1.23 bits per heavy atom. The zero-order chi connectivity index (χ0) is 18.7. The van der Waals surface area contributed by atoms with Crippen LogP contribution in [-0.4, -0.2) is 26.8 Å². The number of ether oxygens (including phenoxy) is 1. The van der Waals surface area contributed by atoms with E-state index < -0.39 is 6.10 Å². The number of benzene rings is 1. The van der Waals surface area contributed by atoms with E-state index in [0.29, 0.717) is 22.7 Å². The maximum Gasteiger partial charge on any atom is 0.307 e. The highest BCUT2D eigenvalue weighted by molar-refractivity contribution is 7.09. The summed E-state index contributed by atoms with van der Waals surface area (Å²) in [4.78, 5) is 18.2. The van der Waals surface area contributed by atoms with Crippen LogP contribution in [0.1, 0.15) is 33.5 Å². The summed E-state index contributed by atoms with van der Waals surface area (Å²) < 4.78 is 5.64. The van der Waals surface area contributed by atoms with Gasteiger partial charge < -0.3 is 14.9 Å². The van der Waals surface area contributed by atoms with Gasteiger partial charge in [-0.15, -0.1) is 0 Å². The van der Waals surface area contributed by atoms with Crippen LogP contribution >= 0.6 is 11.3 Å². The minimum absolute atomic E-state index is 0.0793. The molecule has 1 unspecified atom stereocenters. The normalized spacial score (nSPS) is 12.1. The average Bonchev–Trinajstić information content (AvgIpc) is 2.90. The molecule has 7 heteroatoms. The van der Waals surface area contributed by atoms with Crippen LogP contribution in [0.2, 0.25) is 0 Å². The van der Waals surface area contributed by atoms with Gasteiger partial charge in [-0.1, -0.05) is 23.5 Å². The van der Waals surface area contributed by atoms with Crippen LogP contribution in [0.4, 0.5) is 0 Å². The summed E-state index contributed by atoms with van der Waals surface area (Å²) in [5.41, 5.74) is 3.45. The zero-order valence-electron chi connectivity index (χ0n) is 14.5. The molecule has 3 rings (SSSR count). The monoisotopic (exact) mass is 372 g/mol. The fraction of sp³-hybridized carbons (Fsp3) is 0.263. The van der Waals surface area contributed by atoms with E-state index in [1.807, 2.05) is 38.1 Å². The number of H-pyrrole nitrogens is 1. The van der Waals surface area contributed by atoms with E-state index >= 15 is 0 Å². The van der Waals surface area contributed by atoms with Gasteiger partial charge in [-0.2, -0.15) is 0 Å². The van der Waals surface area contributed by atoms with Gasteiger partial charge in [0.1, 0.15) is 18.5 Å². The minimum Gasteiger partial charge on any atom is -0.494 e. The second-order valence-corrected chi connectivity index (χ2v) is 7.21. The highest BCUT2D eigenvalue weighted by atomic mass is 32.1. The second kappa shape index (κ2) is 7.72. The van der Waals surface area contributed by atoms with Crippen LogP contribution < -0.4 is 9.61 Å². The van der Waals surface area contributed by atoms with Crippen molar-refractivity contribution in [3.05, 3.63) is 73.5 Å². The van der Waals surface area contributed by atoms with Gasteiger partial charge in [-0.3, -0.25) is 14.8 Å². The van der Waals surface area contributed by atoms with E-state index in [4.69, 9.17) is 4.74 Å². The van der Waals surface area contributed by atoms with Gasteiger partial charge in [0.2, 0.25) is 5.88 Å². The summed E-state index contributed by atoms with van der Waals surface area (Å²) in [6, 6.07) is 11.1. The molecular formula is C19H20N2O4S. The van der Waals surface area contributed by atoms with Crippen LogP contribution in [0.25, 0.3) is 0 Å². The first kappa shape index (κ1) is 18.2. The average molecular weight is 372 g/mol. The standard InChI is InChI=1S/C19H20N2O4S/c1-11-7-12(2)20-15(8-11)16(22)10-25-14-5-3-13(4-6-14)9-17-18(23)21-19(24)26-17/h3-8,16,22-23H,9-10H2,1-2H3,(H,21,24). The van der Waals surface area contributed by atoms with Gasteiger partial charge in [0.05, 0.1) is 10.6 Å². The molecule has 0 aliphatic carbocycles. The SMILES string of the molecule is Cc1cc(C)nc(C(O)COc2ccc(Cc3sc(=O)[nH]c3O)cc2)c1. The number of nitrogens with one attached hydrogen (secondary N) is 1. The van der Waals surface area contributed by atoms with Gasteiger partial charge in [-0.05, 0) is 49.2 Å². The van der Waals surface area contributed by atoms with Crippen molar-refractivity contribution in [3.8, 4) is 11.6 Å². The zero-order valence-corrected chi connectivity index (χ0v) is 15.3. The largest absolute Gasteiger partial charge is 0.494 e. The number of aliphatic hydroxyl groups excluding tert-OH is 1. The number of hydrogen-bond donors (Lipinski definition) is 3. The quantitative estimate of drug-likeness (QED) is 0.618. The van der Waals surface area contributed by atoms with Crippen molar-refractivity contribution in [1.82, 2.24) is 9.97 Å². The molecule has 1 atom stereocenters. The number of rotatable bonds is 6. The fourth-order valence-corrected chi connectivity index (χ4v) is 3.42. The molecule has 0 spiro atoms. The van der Waals surface area contributed by atoms with Crippen molar-refractivity contribution in [2.75, 3.05) is 6.61 Å². The Balaban J connectivity index is 1.60. The highest BCUT2D eigenvalue weighted by Crippen LogP contribution is 2.22. The van der Waals surface area contributed by atoms with E-state index in [1.165, 1.54) is 0 Å². The fourth-order valence-electron chi connectivity index (χ4n) is 2.66. The first-order valence-electron chi connectivity index (χ1n) is 8.16. The third-order valence-electron chi connectivity index (χ3n) is 3.86. The summed E-state index contributed by atoms with van der Waals surface area (Å²) >= 11 is 0.995.